The number of hydrogen-bond donors (Lipinski definition) is 1. The Bertz CT molecular complexity index is 199. The Kier molecular flexibility index (Phi) is 5.84. The molecule has 0 saturated carbocycles. The number of amides is 1. The van der Waals surface area contributed by atoms with Crippen LogP contribution in [0.2, 0.25) is 0 Å². The van der Waals surface area contributed by atoms with E-state index in [4.69, 9.17) is 16.3 Å². The molecule has 0 bridgehead atoms. The van der Waals surface area contributed by atoms with Crippen LogP contribution in [-0.4, -0.2) is 24.1 Å². The summed E-state index contributed by atoms with van der Waals surface area (Å²) in [6, 6.07) is 0.00495. The Morgan fingerprint density at radius 2 is 2.07 bits per heavy atom. The Balaban J connectivity index is 2.12. The highest BCUT2D eigenvalue weighted by molar-refractivity contribution is 6.18. The molecule has 1 amide bonds. The number of rotatable bonds is 7. The first-order valence-corrected chi connectivity index (χ1v) is 6.34. The zero-order valence-electron chi connectivity index (χ0n) is 9.30. The maximum absolute atomic E-state index is 11.0. The van der Waals surface area contributed by atoms with E-state index in [-0.39, 0.29) is 18.2 Å². The molecule has 2 atom stereocenters. The number of nitrogens with one attached hydrogen (secondary N) is 1. The van der Waals surface area contributed by atoms with Gasteiger partial charge in [-0.1, -0.05) is 32.6 Å². The highest BCUT2D eigenvalue weighted by Gasteiger charge is 2.32. The summed E-state index contributed by atoms with van der Waals surface area (Å²) < 4.78 is 5.14. The lowest BCUT2D eigenvalue weighted by Gasteiger charge is -2.13. The van der Waals surface area contributed by atoms with Crippen molar-refractivity contribution in [3.05, 3.63) is 0 Å². The molecule has 1 rings (SSSR count). The summed E-state index contributed by atoms with van der Waals surface area (Å²) >= 11 is 5.74. The van der Waals surface area contributed by atoms with Crippen molar-refractivity contribution in [3.63, 3.8) is 0 Å². The molecule has 88 valence electrons. The zero-order valence-corrected chi connectivity index (χ0v) is 10.1. The third-order valence-corrected chi connectivity index (χ3v) is 3.10. The lowest BCUT2D eigenvalue weighted by atomic mass is 10.0. The minimum atomic E-state index is -0.320. The smallest absolute Gasteiger partial charge is 0.407 e. The summed E-state index contributed by atoms with van der Waals surface area (Å²) in [4.78, 5) is 11.0. The molecular formula is C11H20ClNO2. The molecule has 1 fully saturated rings. The SMILES string of the molecule is CCCCCCC[C@H]1OC(=O)N[C@@H]1CCl. The Hall–Kier alpha value is -0.440. The number of alkyl carbamates (subject to hydrolysis) is 1. The van der Waals surface area contributed by atoms with E-state index in [2.05, 4.69) is 12.2 Å². The third-order valence-electron chi connectivity index (χ3n) is 2.77. The molecule has 1 aliphatic heterocycles. The standard InChI is InChI=1S/C11H20ClNO2/c1-2-3-4-5-6-7-10-9(8-12)13-11(14)15-10/h9-10H,2-8H2,1H3,(H,13,14)/t9-,10-/m1/s1. The van der Waals surface area contributed by atoms with Gasteiger partial charge in [-0.05, 0) is 12.8 Å². The number of carbonyl (C=O) groups is 1. The van der Waals surface area contributed by atoms with Crippen LogP contribution in [0.25, 0.3) is 0 Å². The molecule has 0 aromatic heterocycles. The molecule has 0 spiro atoms. The van der Waals surface area contributed by atoms with E-state index in [1.165, 1.54) is 25.7 Å². The van der Waals surface area contributed by atoms with Crippen molar-refractivity contribution in [1.82, 2.24) is 5.32 Å². The number of ether oxygens (including phenoxy) is 1. The van der Waals surface area contributed by atoms with E-state index in [0.29, 0.717) is 5.88 Å². The van der Waals surface area contributed by atoms with Gasteiger partial charge in [0.15, 0.2) is 0 Å². The molecule has 1 aliphatic rings. The normalized spacial score (nSPS) is 25.1. The maximum Gasteiger partial charge on any atom is 0.407 e. The fourth-order valence-corrected chi connectivity index (χ4v) is 2.12. The van der Waals surface area contributed by atoms with Crippen LogP contribution in [0, 0.1) is 0 Å². The average Bonchev–Trinajstić information content (AvgIpc) is 2.59. The highest BCUT2D eigenvalue weighted by atomic mass is 35.5. The van der Waals surface area contributed by atoms with Crippen LogP contribution in [0.15, 0.2) is 0 Å². The third kappa shape index (κ3) is 4.29. The summed E-state index contributed by atoms with van der Waals surface area (Å²) in [6.45, 7) is 2.20. The predicted octanol–water partition coefficient (Wildman–Crippen LogP) is 3.06. The van der Waals surface area contributed by atoms with Crippen molar-refractivity contribution in [2.75, 3.05) is 5.88 Å². The van der Waals surface area contributed by atoms with Gasteiger partial charge in [-0.15, -0.1) is 11.6 Å². The van der Waals surface area contributed by atoms with Crippen LogP contribution in [0.5, 0.6) is 0 Å². The second-order valence-corrected chi connectivity index (χ2v) is 4.36. The monoisotopic (exact) mass is 233 g/mol. The van der Waals surface area contributed by atoms with Crippen LogP contribution in [0.4, 0.5) is 4.79 Å². The van der Waals surface area contributed by atoms with Gasteiger partial charge in [-0.2, -0.15) is 0 Å². The number of cyclic esters (lactones) is 1. The van der Waals surface area contributed by atoms with Gasteiger partial charge in [0.05, 0.1) is 6.04 Å². The summed E-state index contributed by atoms with van der Waals surface area (Å²) in [5.41, 5.74) is 0. The molecule has 1 saturated heterocycles. The predicted molar refractivity (Wildman–Crippen MR) is 61.3 cm³/mol. The summed E-state index contributed by atoms with van der Waals surface area (Å²) in [5.74, 6) is 0.436. The van der Waals surface area contributed by atoms with Gasteiger partial charge in [0.2, 0.25) is 0 Å². The lowest BCUT2D eigenvalue weighted by molar-refractivity contribution is 0.126. The second-order valence-electron chi connectivity index (χ2n) is 4.05. The van der Waals surface area contributed by atoms with Gasteiger partial charge < -0.3 is 10.1 Å². The zero-order chi connectivity index (χ0) is 11.1. The average molecular weight is 234 g/mol. The quantitative estimate of drug-likeness (QED) is 0.542. The number of alkyl halides is 1. The van der Waals surface area contributed by atoms with Gasteiger partial charge in [0, 0.05) is 5.88 Å². The molecule has 3 nitrogen and oxygen atoms in total. The van der Waals surface area contributed by atoms with Gasteiger partial charge in [-0.25, -0.2) is 4.79 Å². The fraction of sp³-hybridized carbons (Fsp3) is 0.909. The fourth-order valence-electron chi connectivity index (χ4n) is 1.85. The molecule has 0 aromatic rings. The van der Waals surface area contributed by atoms with Crippen molar-refractivity contribution >= 4 is 17.7 Å². The highest BCUT2D eigenvalue weighted by Crippen LogP contribution is 2.17. The largest absolute Gasteiger partial charge is 0.444 e. The van der Waals surface area contributed by atoms with Gasteiger partial charge >= 0.3 is 6.09 Å². The van der Waals surface area contributed by atoms with Crippen LogP contribution >= 0.6 is 11.6 Å². The van der Waals surface area contributed by atoms with E-state index in [0.717, 1.165) is 12.8 Å². The molecule has 0 unspecified atom stereocenters. The van der Waals surface area contributed by atoms with E-state index >= 15 is 0 Å². The van der Waals surface area contributed by atoms with Crippen LogP contribution in [0.3, 0.4) is 0 Å². The van der Waals surface area contributed by atoms with Crippen molar-refractivity contribution < 1.29 is 9.53 Å². The number of halogens is 1. The van der Waals surface area contributed by atoms with Crippen molar-refractivity contribution in [2.24, 2.45) is 0 Å². The number of carbonyl (C=O) groups excluding carboxylic acids is 1. The van der Waals surface area contributed by atoms with Crippen molar-refractivity contribution in [2.45, 2.75) is 57.6 Å². The molecule has 15 heavy (non-hydrogen) atoms. The van der Waals surface area contributed by atoms with Gasteiger partial charge in [0.1, 0.15) is 6.10 Å². The Labute approximate surface area is 96.5 Å². The summed E-state index contributed by atoms with van der Waals surface area (Å²) in [6.07, 6.45) is 6.75. The van der Waals surface area contributed by atoms with Crippen LogP contribution < -0.4 is 5.32 Å². The molecule has 1 heterocycles. The van der Waals surface area contributed by atoms with Crippen LogP contribution in [0.1, 0.15) is 45.4 Å². The van der Waals surface area contributed by atoms with Gasteiger partial charge in [0.25, 0.3) is 0 Å². The van der Waals surface area contributed by atoms with E-state index < -0.39 is 0 Å². The summed E-state index contributed by atoms with van der Waals surface area (Å²) in [7, 11) is 0. The Morgan fingerprint density at radius 3 is 2.73 bits per heavy atom. The molecule has 1 N–H and O–H groups in total. The van der Waals surface area contributed by atoms with Gasteiger partial charge in [-0.3, -0.25) is 0 Å². The molecule has 4 heteroatoms. The second kappa shape index (κ2) is 6.94. The topological polar surface area (TPSA) is 38.3 Å². The van der Waals surface area contributed by atoms with Crippen molar-refractivity contribution in [3.8, 4) is 0 Å². The van der Waals surface area contributed by atoms with E-state index in [1.54, 1.807) is 0 Å². The molecular weight excluding hydrogens is 214 g/mol. The first kappa shape index (κ1) is 12.6. The van der Waals surface area contributed by atoms with E-state index in [9.17, 15) is 4.79 Å². The van der Waals surface area contributed by atoms with Crippen LogP contribution in [-0.2, 0) is 4.74 Å². The molecule has 0 aliphatic carbocycles. The number of hydrogen-bond acceptors (Lipinski definition) is 2. The van der Waals surface area contributed by atoms with Crippen molar-refractivity contribution in [1.29, 1.82) is 0 Å². The molecule has 0 aromatic carbocycles. The first-order chi connectivity index (χ1) is 7.27. The minimum absolute atomic E-state index is 0.00495. The Morgan fingerprint density at radius 1 is 1.33 bits per heavy atom. The van der Waals surface area contributed by atoms with E-state index in [1.807, 2.05) is 0 Å². The first-order valence-electron chi connectivity index (χ1n) is 5.81. The number of unbranched alkanes of at least 4 members (excludes halogenated alkanes) is 4. The minimum Gasteiger partial charge on any atom is -0.444 e. The summed E-state index contributed by atoms with van der Waals surface area (Å²) in [5, 5.41) is 2.71. The lowest BCUT2D eigenvalue weighted by Crippen LogP contribution is -2.33. The molecule has 0 radical (unpaired) electrons. The maximum atomic E-state index is 11.0.